The molecule has 0 saturated heterocycles. The summed E-state index contributed by atoms with van der Waals surface area (Å²) in [6.07, 6.45) is 0.393. The number of rotatable bonds is 8. The molecule has 0 amide bonds. The second-order valence-corrected chi connectivity index (χ2v) is 11.8. The first kappa shape index (κ1) is 25.7. The highest BCUT2D eigenvalue weighted by Crippen LogP contribution is 2.36. The van der Waals surface area contributed by atoms with Gasteiger partial charge in [0.15, 0.2) is 5.16 Å². The Morgan fingerprint density at radius 3 is 2.36 bits per heavy atom. The van der Waals surface area contributed by atoms with Crippen LogP contribution in [0.2, 0.25) is 0 Å². The molecule has 0 saturated carbocycles. The fourth-order valence-electron chi connectivity index (χ4n) is 4.00. The number of thioether (sulfide) groups is 1. The molecule has 184 valence electrons. The van der Waals surface area contributed by atoms with Crippen LogP contribution in [0.5, 0.6) is 5.88 Å². The van der Waals surface area contributed by atoms with Gasteiger partial charge in [-0.3, -0.25) is 0 Å². The molecule has 8 heteroatoms. The Bertz CT molecular complexity index is 1540. The molecule has 1 unspecified atom stereocenters. The van der Waals surface area contributed by atoms with Gasteiger partial charge in [-0.2, -0.15) is 18.7 Å². The van der Waals surface area contributed by atoms with E-state index < -0.39 is 16.0 Å². The Kier molecular flexibility index (Phi) is 7.62. The molecule has 0 fully saturated rings. The lowest BCUT2D eigenvalue weighted by molar-refractivity contribution is 0.466. The Hall–Kier alpha value is -3.41. The van der Waals surface area contributed by atoms with Gasteiger partial charge in [0, 0.05) is 10.8 Å². The molecule has 1 atom stereocenters. The normalized spacial score (nSPS) is 12.4. The summed E-state index contributed by atoms with van der Waals surface area (Å²) in [6.45, 7) is 7.75. The Balaban J connectivity index is 1.90. The topological polar surface area (TPSA) is 92.9 Å². The van der Waals surface area contributed by atoms with Crippen molar-refractivity contribution in [1.82, 2.24) is 9.97 Å². The molecule has 3 aromatic carbocycles. The van der Waals surface area contributed by atoms with Crippen LogP contribution in [0.4, 0.5) is 0 Å². The molecule has 0 radical (unpaired) electrons. The predicted octanol–water partition coefficient (Wildman–Crippen LogP) is 6.42. The van der Waals surface area contributed by atoms with E-state index >= 15 is 0 Å². The lowest BCUT2D eigenvalue weighted by Gasteiger charge is -2.19. The van der Waals surface area contributed by atoms with Gasteiger partial charge < -0.3 is 4.18 Å². The number of fused-ring (bicyclic) bond motifs is 1. The molecule has 36 heavy (non-hydrogen) atoms. The zero-order chi connectivity index (χ0) is 25.9. The largest absolute Gasteiger partial charge is 0.358 e. The van der Waals surface area contributed by atoms with Crippen LogP contribution in [0.15, 0.2) is 76.8 Å². The van der Waals surface area contributed by atoms with E-state index in [1.54, 1.807) is 12.1 Å². The average molecular weight is 518 g/mol. The van der Waals surface area contributed by atoms with Crippen molar-refractivity contribution in [2.45, 2.75) is 55.3 Å². The van der Waals surface area contributed by atoms with E-state index in [4.69, 9.17) is 9.17 Å². The van der Waals surface area contributed by atoms with Gasteiger partial charge in [0.05, 0.1) is 11.8 Å². The van der Waals surface area contributed by atoms with E-state index in [1.165, 1.54) is 23.9 Å². The van der Waals surface area contributed by atoms with Crippen LogP contribution >= 0.6 is 11.8 Å². The highest BCUT2D eigenvalue weighted by Gasteiger charge is 2.28. The third-order valence-corrected chi connectivity index (χ3v) is 7.80. The van der Waals surface area contributed by atoms with Crippen molar-refractivity contribution in [3.8, 4) is 11.9 Å². The van der Waals surface area contributed by atoms with Crippen LogP contribution in [0.1, 0.15) is 49.1 Å². The third-order valence-electron chi connectivity index (χ3n) is 5.71. The van der Waals surface area contributed by atoms with E-state index in [9.17, 15) is 13.7 Å². The van der Waals surface area contributed by atoms with E-state index in [0.717, 1.165) is 21.9 Å². The smallest absolute Gasteiger partial charge is 0.340 e. The fourth-order valence-corrected chi connectivity index (χ4v) is 5.62. The van der Waals surface area contributed by atoms with Gasteiger partial charge in [-0.15, -0.1) is 0 Å². The summed E-state index contributed by atoms with van der Waals surface area (Å²) in [4.78, 5) is 9.29. The summed E-state index contributed by atoms with van der Waals surface area (Å²) in [5, 5.41) is 12.8. The quantitative estimate of drug-likeness (QED) is 0.151. The second kappa shape index (κ2) is 10.7. The third kappa shape index (κ3) is 5.38. The summed E-state index contributed by atoms with van der Waals surface area (Å²) in [6, 6.07) is 22.5. The monoisotopic (exact) mass is 517 g/mol. The van der Waals surface area contributed by atoms with Gasteiger partial charge in [0.25, 0.3) is 0 Å². The number of benzene rings is 3. The molecule has 0 aliphatic carbocycles. The lowest BCUT2D eigenvalue weighted by Crippen LogP contribution is -2.16. The molecule has 1 heterocycles. The summed E-state index contributed by atoms with van der Waals surface area (Å²) in [7, 11) is -4.14. The molecule has 4 aromatic rings. The van der Waals surface area contributed by atoms with Crippen LogP contribution in [0.3, 0.4) is 0 Å². The van der Waals surface area contributed by atoms with Crippen molar-refractivity contribution >= 4 is 32.7 Å². The first-order chi connectivity index (χ1) is 17.2. The minimum absolute atomic E-state index is 0.0355. The number of nitriles is 1. The second-order valence-electron chi connectivity index (χ2n) is 8.68. The molecule has 0 bridgehead atoms. The molecule has 0 N–H and O–H groups in total. The number of aryl methyl sites for hydroxylation is 1. The number of hydrogen-bond donors (Lipinski definition) is 0. The molecule has 0 aliphatic rings. The van der Waals surface area contributed by atoms with Crippen LogP contribution in [0, 0.1) is 18.3 Å². The maximum atomic E-state index is 13.2. The summed E-state index contributed by atoms with van der Waals surface area (Å²) >= 11 is 1.39. The van der Waals surface area contributed by atoms with Gasteiger partial charge in [-0.1, -0.05) is 92.7 Å². The van der Waals surface area contributed by atoms with Crippen molar-refractivity contribution in [3.05, 3.63) is 89.1 Å². The molecule has 1 aromatic heterocycles. The number of hydrogen-bond acceptors (Lipinski definition) is 7. The molecular formula is C28H27N3O3S2. The fraction of sp³-hybridized carbons (Fsp3) is 0.250. The number of aromatic nitrogens is 2. The molecule has 0 aliphatic heterocycles. The zero-order valence-corrected chi connectivity index (χ0v) is 22.2. The van der Waals surface area contributed by atoms with Crippen molar-refractivity contribution in [2.75, 3.05) is 0 Å². The maximum Gasteiger partial charge on any atom is 0.340 e. The van der Waals surface area contributed by atoms with Crippen molar-refractivity contribution in [1.29, 1.82) is 5.26 Å². The van der Waals surface area contributed by atoms with Gasteiger partial charge in [-0.05, 0) is 41.8 Å². The number of nitrogens with zero attached hydrogens (tertiary/aromatic N) is 3. The first-order valence-electron chi connectivity index (χ1n) is 11.7. The van der Waals surface area contributed by atoms with Crippen molar-refractivity contribution < 1.29 is 12.6 Å². The standard InChI is InChI=1S/C28H27N3O3S2/c1-5-22-26(25(17-29)24-12-8-10-20-9-6-7-11-23(20)24)30-28(35-18(2)3)31-27(22)34-36(32,33)21-15-13-19(4)14-16-21/h6-16,18,25H,5H2,1-4H3. The summed E-state index contributed by atoms with van der Waals surface area (Å²) in [5.74, 6) is -0.767. The Morgan fingerprint density at radius 2 is 1.69 bits per heavy atom. The highest BCUT2D eigenvalue weighted by molar-refractivity contribution is 7.99. The van der Waals surface area contributed by atoms with E-state index in [0.29, 0.717) is 22.8 Å². The lowest BCUT2D eigenvalue weighted by atomic mass is 9.89. The zero-order valence-electron chi connectivity index (χ0n) is 20.6. The van der Waals surface area contributed by atoms with Crippen molar-refractivity contribution in [2.24, 2.45) is 0 Å². The molecular weight excluding hydrogens is 490 g/mol. The van der Waals surface area contributed by atoms with Gasteiger partial charge in [0.1, 0.15) is 10.8 Å². The van der Waals surface area contributed by atoms with Crippen molar-refractivity contribution in [3.63, 3.8) is 0 Å². The molecule has 0 spiro atoms. The van der Waals surface area contributed by atoms with Crippen LogP contribution < -0.4 is 4.18 Å². The van der Waals surface area contributed by atoms with Gasteiger partial charge >= 0.3 is 10.1 Å². The van der Waals surface area contributed by atoms with E-state index in [-0.39, 0.29) is 16.0 Å². The summed E-state index contributed by atoms with van der Waals surface area (Å²) < 4.78 is 31.9. The van der Waals surface area contributed by atoms with Crippen LogP contribution in [0.25, 0.3) is 10.8 Å². The first-order valence-corrected chi connectivity index (χ1v) is 14.0. The predicted molar refractivity (Wildman–Crippen MR) is 143 cm³/mol. The summed E-state index contributed by atoms with van der Waals surface area (Å²) in [5.41, 5.74) is 2.70. The minimum atomic E-state index is -4.14. The highest BCUT2D eigenvalue weighted by atomic mass is 32.2. The van der Waals surface area contributed by atoms with Gasteiger partial charge in [0.2, 0.25) is 5.88 Å². The SMILES string of the molecule is CCc1c(OS(=O)(=O)c2ccc(C)cc2)nc(SC(C)C)nc1C(C#N)c1cccc2ccccc12. The average Bonchev–Trinajstić information content (AvgIpc) is 2.84. The van der Waals surface area contributed by atoms with E-state index in [1.807, 2.05) is 70.2 Å². The Labute approximate surface area is 216 Å². The minimum Gasteiger partial charge on any atom is -0.358 e. The molecule has 6 nitrogen and oxygen atoms in total. The van der Waals surface area contributed by atoms with Crippen LogP contribution in [-0.2, 0) is 16.5 Å². The van der Waals surface area contributed by atoms with Crippen LogP contribution in [-0.4, -0.2) is 23.6 Å². The molecule has 4 rings (SSSR count). The maximum absolute atomic E-state index is 13.2. The van der Waals surface area contributed by atoms with E-state index in [2.05, 4.69) is 11.1 Å². The Morgan fingerprint density at radius 1 is 1.00 bits per heavy atom. The van der Waals surface area contributed by atoms with Gasteiger partial charge in [-0.25, -0.2) is 4.98 Å².